The van der Waals surface area contributed by atoms with Crippen LogP contribution in [0.3, 0.4) is 0 Å². The molecule has 3 amide bonds. The van der Waals surface area contributed by atoms with Gasteiger partial charge < -0.3 is 24.2 Å². The molecule has 5 rings (SSSR count). The molecule has 4 heterocycles. The maximum atomic E-state index is 15.0. The van der Waals surface area contributed by atoms with Gasteiger partial charge in [0, 0.05) is 69.4 Å². The SMILES string of the molecule is CCOc1cnc(NC(=O)N(C)[C@H]2CN(c3cc(NC(=O)O[C@@H]4C[C@@H]5C[C@H]4CN5C)ccn3)CCC2(F)F)cn1. The van der Waals surface area contributed by atoms with Crippen LogP contribution < -0.4 is 20.3 Å². The molecule has 3 fully saturated rings. The summed E-state index contributed by atoms with van der Waals surface area (Å²) in [5, 5.41) is 5.24. The number of hydrogen-bond donors (Lipinski definition) is 2. The molecule has 1 aliphatic carbocycles. The number of nitrogens with one attached hydrogen (secondary N) is 2. The first-order valence-electron chi connectivity index (χ1n) is 13.4. The van der Waals surface area contributed by atoms with Crippen LogP contribution in [0.25, 0.3) is 0 Å². The van der Waals surface area contributed by atoms with E-state index >= 15 is 0 Å². The third-order valence-corrected chi connectivity index (χ3v) is 7.86. The Bertz CT molecular complexity index is 1220. The van der Waals surface area contributed by atoms with Crippen molar-refractivity contribution < 1.29 is 27.8 Å². The van der Waals surface area contributed by atoms with E-state index in [0.29, 0.717) is 36.0 Å². The van der Waals surface area contributed by atoms with E-state index in [1.165, 1.54) is 25.6 Å². The third-order valence-electron chi connectivity index (χ3n) is 7.86. The molecule has 2 aliphatic heterocycles. The van der Waals surface area contributed by atoms with E-state index in [4.69, 9.17) is 9.47 Å². The third kappa shape index (κ3) is 6.01. The summed E-state index contributed by atoms with van der Waals surface area (Å²) in [4.78, 5) is 42.7. The van der Waals surface area contributed by atoms with Gasteiger partial charge in [0.1, 0.15) is 18.0 Å². The van der Waals surface area contributed by atoms with E-state index in [1.807, 2.05) is 0 Å². The number of nitrogens with zero attached hydrogens (tertiary/aromatic N) is 6. The van der Waals surface area contributed by atoms with Crippen molar-refractivity contribution in [1.82, 2.24) is 24.8 Å². The molecule has 12 nitrogen and oxygen atoms in total. The number of carbonyl (C=O) groups excluding carboxylic acids is 2. The van der Waals surface area contributed by atoms with E-state index < -0.39 is 30.5 Å². The Morgan fingerprint density at radius 2 is 2.00 bits per heavy atom. The molecule has 2 N–H and O–H groups in total. The summed E-state index contributed by atoms with van der Waals surface area (Å²) in [6.07, 6.45) is 4.87. The number of halogens is 2. The van der Waals surface area contributed by atoms with Gasteiger partial charge in [0.15, 0.2) is 5.82 Å². The lowest BCUT2D eigenvalue weighted by molar-refractivity contribution is -0.0759. The second-order valence-corrected chi connectivity index (χ2v) is 10.5. The van der Waals surface area contributed by atoms with E-state index in [9.17, 15) is 18.4 Å². The molecular weight excluding hydrogens is 526 g/mol. The van der Waals surface area contributed by atoms with Gasteiger partial charge in [0.25, 0.3) is 5.92 Å². The molecule has 2 aromatic rings. The van der Waals surface area contributed by atoms with Gasteiger partial charge in [-0.2, -0.15) is 0 Å². The maximum absolute atomic E-state index is 15.0. The lowest BCUT2D eigenvalue weighted by Gasteiger charge is -2.42. The van der Waals surface area contributed by atoms with Crippen molar-refractivity contribution in [2.45, 2.75) is 50.3 Å². The monoisotopic (exact) mass is 560 g/mol. The molecule has 0 radical (unpaired) electrons. The second-order valence-electron chi connectivity index (χ2n) is 10.5. The van der Waals surface area contributed by atoms with Gasteiger partial charge in [0.05, 0.1) is 19.0 Å². The maximum Gasteiger partial charge on any atom is 0.411 e. The molecule has 2 bridgehead atoms. The zero-order valence-electron chi connectivity index (χ0n) is 22.7. The Hall–Kier alpha value is -3.81. The Labute approximate surface area is 231 Å². The highest BCUT2D eigenvalue weighted by Crippen LogP contribution is 2.39. The number of anilines is 3. The van der Waals surface area contributed by atoms with Crippen LogP contribution in [0, 0.1) is 5.92 Å². The molecule has 3 aliphatic rings. The highest BCUT2D eigenvalue weighted by atomic mass is 19.3. The summed E-state index contributed by atoms with van der Waals surface area (Å²) in [7, 11) is 3.40. The number of carbonyl (C=O) groups is 2. The molecule has 2 saturated heterocycles. The average molecular weight is 561 g/mol. The predicted molar refractivity (Wildman–Crippen MR) is 143 cm³/mol. The summed E-state index contributed by atoms with van der Waals surface area (Å²) >= 11 is 0. The number of likely N-dealkylation sites (tertiary alicyclic amines) is 1. The zero-order valence-corrected chi connectivity index (χ0v) is 22.7. The van der Waals surface area contributed by atoms with Gasteiger partial charge >= 0.3 is 12.1 Å². The molecule has 2 aromatic heterocycles. The molecule has 14 heteroatoms. The van der Waals surface area contributed by atoms with E-state index in [1.54, 1.807) is 24.0 Å². The summed E-state index contributed by atoms with van der Waals surface area (Å²) in [5.74, 6) is -1.97. The van der Waals surface area contributed by atoms with Gasteiger partial charge in [-0.25, -0.2) is 33.3 Å². The molecule has 216 valence electrons. The van der Waals surface area contributed by atoms with Crippen LogP contribution in [0.5, 0.6) is 5.88 Å². The Morgan fingerprint density at radius 3 is 2.67 bits per heavy atom. The number of likely N-dealkylation sites (N-methyl/N-ethyl adjacent to an activating group) is 1. The van der Waals surface area contributed by atoms with Crippen molar-refractivity contribution in [2.24, 2.45) is 5.92 Å². The number of amides is 3. The smallest absolute Gasteiger partial charge is 0.411 e. The summed E-state index contributed by atoms with van der Waals surface area (Å²) in [6.45, 7) is 3.00. The van der Waals surface area contributed by atoms with Crippen molar-refractivity contribution >= 4 is 29.4 Å². The Morgan fingerprint density at radius 1 is 1.18 bits per heavy atom. The Kier molecular flexibility index (Phi) is 7.88. The van der Waals surface area contributed by atoms with Gasteiger partial charge in [-0.15, -0.1) is 0 Å². The van der Waals surface area contributed by atoms with Crippen LogP contribution in [-0.2, 0) is 4.74 Å². The highest BCUT2D eigenvalue weighted by Gasteiger charge is 2.48. The number of alkyl halides is 2. The topological polar surface area (TPSA) is 125 Å². The second kappa shape index (κ2) is 11.4. The van der Waals surface area contributed by atoms with E-state index in [0.717, 1.165) is 24.3 Å². The molecule has 0 aromatic carbocycles. The molecule has 0 spiro atoms. The zero-order chi connectivity index (χ0) is 28.4. The van der Waals surface area contributed by atoms with Crippen molar-refractivity contribution in [2.75, 3.05) is 55.9 Å². The summed E-state index contributed by atoms with van der Waals surface area (Å²) in [5.41, 5.74) is 0.448. The number of pyridine rings is 1. The first-order chi connectivity index (χ1) is 19.1. The number of hydrogen-bond acceptors (Lipinski definition) is 9. The minimum absolute atomic E-state index is 0.0306. The predicted octanol–water partition coefficient (Wildman–Crippen LogP) is 3.29. The fourth-order valence-electron chi connectivity index (χ4n) is 5.67. The van der Waals surface area contributed by atoms with Crippen LogP contribution in [0.15, 0.2) is 30.7 Å². The molecule has 4 atom stereocenters. The minimum Gasteiger partial charge on any atom is -0.477 e. The lowest BCUT2D eigenvalue weighted by atomic mass is 9.99. The first-order valence-corrected chi connectivity index (χ1v) is 13.4. The summed E-state index contributed by atoms with van der Waals surface area (Å²) in [6, 6.07) is 1.51. The fourth-order valence-corrected chi connectivity index (χ4v) is 5.67. The van der Waals surface area contributed by atoms with E-state index in [-0.39, 0.29) is 25.0 Å². The first kappa shape index (κ1) is 27.7. The average Bonchev–Trinajstić information content (AvgIpc) is 3.48. The van der Waals surface area contributed by atoms with Crippen LogP contribution in [-0.4, -0.2) is 101 Å². The van der Waals surface area contributed by atoms with Crippen LogP contribution in [0.4, 0.5) is 35.7 Å². The molecule has 0 unspecified atom stereocenters. The fraction of sp³-hybridized carbons (Fsp3) is 0.577. The molecular formula is C26H34F2N8O4. The largest absolute Gasteiger partial charge is 0.477 e. The number of ether oxygens (including phenoxy) is 2. The minimum atomic E-state index is -3.12. The highest BCUT2D eigenvalue weighted by molar-refractivity contribution is 5.88. The van der Waals surface area contributed by atoms with E-state index in [2.05, 4.69) is 37.5 Å². The Balaban J connectivity index is 1.20. The number of rotatable bonds is 7. The normalized spacial score (nSPS) is 25.4. The molecule has 40 heavy (non-hydrogen) atoms. The van der Waals surface area contributed by atoms with Crippen molar-refractivity contribution in [3.63, 3.8) is 0 Å². The number of urea groups is 1. The number of fused-ring (bicyclic) bond motifs is 2. The lowest BCUT2D eigenvalue weighted by Crippen LogP contribution is -2.60. The standard InChI is InChI=1S/C26H34F2N8O4/c1-4-39-23-13-30-21(12-31-23)33-24(37)35(3)20-15-36(8-6-26(20,27)28)22-10-17(5-7-29-22)32-25(38)40-19-11-18-9-16(19)14-34(18)2/h5,7,10,12-13,16,18-20H,4,6,8-9,11,14-15H2,1-3H3,(H,29,32,38)(H,30,33,37)/t16-,18-,19+,20-/m0/s1. The van der Waals surface area contributed by atoms with Crippen LogP contribution in [0.1, 0.15) is 26.2 Å². The van der Waals surface area contributed by atoms with Gasteiger partial charge in [-0.1, -0.05) is 0 Å². The van der Waals surface area contributed by atoms with Crippen molar-refractivity contribution in [3.8, 4) is 5.88 Å². The van der Waals surface area contributed by atoms with Gasteiger partial charge in [-0.05, 0) is 26.5 Å². The van der Waals surface area contributed by atoms with Crippen molar-refractivity contribution in [1.29, 1.82) is 0 Å². The number of aromatic nitrogens is 3. The summed E-state index contributed by atoms with van der Waals surface area (Å²) < 4.78 is 40.9. The van der Waals surface area contributed by atoms with Crippen LogP contribution in [0.2, 0.25) is 0 Å². The number of piperidine rings is 2. The van der Waals surface area contributed by atoms with Crippen molar-refractivity contribution in [3.05, 3.63) is 30.7 Å². The molecule has 1 saturated carbocycles. The quantitative estimate of drug-likeness (QED) is 0.525. The van der Waals surface area contributed by atoms with Gasteiger partial charge in [0.2, 0.25) is 5.88 Å². The van der Waals surface area contributed by atoms with Gasteiger partial charge in [-0.3, -0.25) is 10.6 Å². The van der Waals surface area contributed by atoms with Crippen LogP contribution >= 0.6 is 0 Å².